The third-order valence-corrected chi connectivity index (χ3v) is 4.03. The molecule has 0 aromatic heterocycles. The summed E-state index contributed by atoms with van der Waals surface area (Å²) in [6.07, 6.45) is 3.52. The third-order valence-electron chi connectivity index (χ3n) is 4.03. The van der Waals surface area contributed by atoms with Crippen LogP contribution in [-0.4, -0.2) is 43.0 Å². The number of hydrogen-bond acceptors (Lipinski definition) is 4. The quantitative estimate of drug-likeness (QED) is 0.820. The van der Waals surface area contributed by atoms with Crippen LogP contribution in [0.15, 0.2) is 18.2 Å². The van der Waals surface area contributed by atoms with Gasteiger partial charge in [-0.1, -0.05) is 13.3 Å². The number of nitrogens with one attached hydrogen (secondary N) is 1. The zero-order chi connectivity index (χ0) is 16.8. The molecule has 1 fully saturated rings. The molecule has 2 amide bonds. The van der Waals surface area contributed by atoms with Crippen molar-refractivity contribution in [1.29, 1.82) is 0 Å². The minimum atomic E-state index is -0.567. The monoisotopic (exact) mass is 355 g/mol. The Bertz CT molecular complexity index is 574. The highest BCUT2D eigenvalue weighted by atomic mass is 35.5. The highest BCUT2D eigenvalue weighted by Crippen LogP contribution is 2.27. The maximum Gasteiger partial charge on any atom is 0.253 e. The van der Waals surface area contributed by atoms with Crippen molar-refractivity contribution in [2.45, 2.75) is 38.6 Å². The lowest BCUT2D eigenvalue weighted by Gasteiger charge is -2.18. The second kappa shape index (κ2) is 9.49. The Labute approximate surface area is 149 Å². The molecular formula is C17H26ClN3O3. The van der Waals surface area contributed by atoms with Crippen molar-refractivity contribution in [3.63, 3.8) is 0 Å². The van der Waals surface area contributed by atoms with Gasteiger partial charge in [-0.25, -0.2) is 0 Å². The van der Waals surface area contributed by atoms with Crippen molar-refractivity contribution in [3.05, 3.63) is 23.8 Å². The maximum absolute atomic E-state index is 12.5. The Balaban J connectivity index is 0.00000288. The lowest BCUT2D eigenvalue weighted by atomic mass is 10.1. The lowest BCUT2D eigenvalue weighted by Crippen LogP contribution is -2.35. The van der Waals surface area contributed by atoms with Crippen molar-refractivity contribution in [3.8, 4) is 5.75 Å². The summed E-state index contributed by atoms with van der Waals surface area (Å²) in [5, 5.41) is 2.77. The van der Waals surface area contributed by atoms with Crippen LogP contribution in [0.25, 0.3) is 0 Å². The molecule has 1 aliphatic heterocycles. The van der Waals surface area contributed by atoms with Crippen LogP contribution in [0.5, 0.6) is 5.75 Å². The molecule has 7 heteroatoms. The van der Waals surface area contributed by atoms with Gasteiger partial charge < -0.3 is 20.7 Å². The molecule has 0 radical (unpaired) electrons. The number of carbonyl (C=O) groups is 2. The number of rotatable bonds is 6. The number of anilines is 1. The van der Waals surface area contributed by atoms with E-state index in [0.717, 1.165) is 32.4 Å². The van der Waals surface area contributed by atoms with Crippen LogP contribution in [-0.2, 0) is 4.79 Å². The fourth-order valence-electron chi connectivity index (χ4n) is 2.71. The lowest BCUT2D eigenvalue weighted by molar-refractivity contribution is -0.117. The van der Waals surface area contributed by atoms with Gasteiger partial charge in [0.15, 0.2) is 0 Å². The molecule has 1 aromatic carbocycles. The first-order valence-corrected chi connectivity index (χ1v) is 8.10. The molecule has 1 heterocycles. The average molecular weight is 356 g/mol. The topological polar surface area (TPSA) is 84.7 Å². The van der Waals surface area contributed by atoms with Crippen molar-refractivity contribution in [2.75, 3.05) is 25.5 Å². The van der Waals surface area contributed by atoms with Crippen LogP contribution in [0.1, 0.15) is 43.0 Å². The van der Waals surface area contributed by atoms with Crippen molar-refractivity contribution >= 4 is 29.9 Å². The fraction of sp³-hybridized carbons (Fsp3) is 0.529. The molecule has 0 spiro atoms. The smallest absolute Gasteiger partial charge is 0.253 e. The summed E-state index contributed by atoms with van der Waals surface area (Å²) < 4.78 is 5.27. The van der Waals surface area contributed by atoms with E-state index < -0.39 is 6.04 Å². The van der Waals surface area contributed by atoms with Crippen LogP contribution in [0.3, 0.4) is 0 Å². The van der Waals surface area contributed by atoms with Gasteiger partial charge >= 0.3 is 0 Å². The summed E-state index contributed by atoms with van der Waals surface area (Å²) in [5.74, 6) is 0.231. The zero-order valence-electron chi connectivity index (χ0n) is 14.2. The molecule has 134 valence electrons. The summed E-state index contributed by atoms with van der Waals surface area (Å²) in [7, 11) is 1.53. The Morgan fingerprint density at radius 1 is 1.33 bits per heavy atom. The van der Waals surface area contributed by atoms with E-state index in [1.54, 1.807) is 18.2 Å². The van der Waals surface area contributed by atoms with Crippen molar-refractivity contribution in [1.82, 2.24) is 4.90 Å². The number of nitrogens with zero attached hydrogens (tertiary/aromatic N) is 1. The largest absolute Gasteiger partial charge is 0.495 e. The standard InChI is InChI=1S/C17H25N3O3.ClH/c1-3-6-13(18)16(21)19-14-11-12(7-8-15(14)23-2)17(22)20-9-4-5-10-20;/h7-8,11,13H,3-6,9-10,18H2,1-2H3,(H,19,21);1H. The summed E-state index contributed by atoms with van der Waals surface area (Å²) in [4.78, 5) is 26.4. The molecule has 0 saturated carbocycles. The fourth-order valence-corrected chi connectivity index (χ4v) is 2.71. The van der Waals surface area contributed by atoms with Gasteiger partial charge in [-0.05, 0) is 37.5 Å². The van der Waals surface area contributed by atoms with Crippen LogP contribution >= 0.6 is 12.4 Å². The molecular weight excluding hydrogens is 330 g/mol. The first-order chi connectivity index (χ1) is 11.1. The molecule has 1 aliphatic rings. The van der Waals surface area contributed by atoms with E-state index in [9.17, 15) is 9.59 Å². The number of ether oxygens (including phenoxy) is 1. The van der Waals surface area contributed by atoms with Crippen LogP contribution < -0.4 is 15.8 Å². The predicted molar refractivity (Wildman–Crippen MR) is 96.9 cm³/mol. The van der Waals surface area contributed by atoms with Crippen molar-refractivity contribution in [2.24, 2.45) is 5.73 Å². The van der Waals surface area contributed by atoms with Crippen molar-refractivity contribution < 1.29 is 14.3 Å². The average Bonchev–Trinajstić information content (AvgIpc) is 3.08. The number of likely N-dealkylation sites (tertiary alicyclic amines) is 1. The Kier molecular flexibility index (Phi) is 8.01. The van der Waals surface area contributed by atoms with E-state index in [1.165, 1.54) is 7.11 Å². The summed E-state index contributed by atoms with van der Waals surface area (Å²) in [6, 6.07) is 4.52. The molecule has 1 atom stereocenters. The number of halogens is 1. The minimum absolute atomic E-state index is 0. The van der Waals surface area contributed by atoms with Gasteiger partial charge in [0, 0.05) is 18.7 Å². The van der Waals surface area contributed by atoms with E-state index in [2.05, 4.69) is 5.32 Å². The molecule has 1 aromatic rings. The number of benzene rings is 1. The normalized spacial score (nSPS) is 14.7. The first kappa shape index (κ1) is 20.3. The third kappa shape index (κ3) is 4.85. The van der Waals surface area contributed by atoms with E-state index in [0.29, 0.717) is 23.4 Å². The van der Waals surface area contributed by atoms with Gasteiger partial charge in [0.2, 0.25) is 5.91 Å². The van der Waals surface area contributed by atoms with Crippen LogP contribution in [0.4, 0.5) is 5.69 Å². The molecule has 24 heavy (non-hydrogen) atoms. The number of nitrogens with two attached hydrogens (primary N) is 1. The second-order valence-corrected chi connectivity index (χ2v) is 5.80. The van der Waals surface area contributed by atoms with E-state index in [-0.39, 0.29) is 24.2 Å². The van der Waals surface area contributed by atoms with Gasteiger partial charge in [-0.2, -0.15) is 0 Å². The van der Waals surface area contributed by atoms with E-state index in [4.69, 9.17) is 10.5 Å². The molecule has 2 rings (SSSR count). The molecule has 1 saturated heterocycles. The summed E-state index contributed by atoms with van der Waals surface area (Å²) >= 11 is 0. The van der Waals surface area contributed by atoms with Crippen LogP contribution in [0.2, 0.25) is 0 Å². The molecule has 0 aliphatic carbocycles. The predicted octanol–water partition coefficient (Wildman–Crippen LogP) is 2.42. The molecule has 1 unspecified atom stereocenters. The number of carbonyl (C=O) groups excluding carboxylic acids is 2. The SMILES string of the molecule is CCCC(N)C(=O)Nc1cc(C(=O)N2CCCC2)ccc1OC.Cl. The van der Waals surface area contributed by atoms with E-state index >= 15 is 0 Å². The number of hydrogen-bond donors (Lipinski definition) is 2. The molecule has 0 bridgehead atoms. The Morgan fingerprint density at radius 2 is 2.00 bits per heavy atom. The maximum atomic E-state index is 12.5. The Hall–Kier alpha value is -1.79. The van der Waals surface area contributed by atoms with Gasteiger partial charge in [-0.15, -0.1) is 12.4 Å². The highest BCUT2D eigenvalue weighted by Gasteiger charge is 2.21. The second-order valence-electron chi connectivity index (χ2n) is 5.80. The van der Waals surface area contributed by atoms with Gasteiger partial charge in [0.05, 0.1) is 18.8 Å². The number of methoxy groups -OCH3 is 1. The van der Waals surface area contributed by atoms with Gasteiger partial charge in [0.25, 0.3) is 5.91 Å². The summed E-state index contributed by atoms with van der Waals surface area (Å²) in [5.41, 5.74) is 6.87. The van der Waals surface area contributed by atoms with Gasteiger partial charge in [-0.3, -0.25) is 9.59 Å². The molecule has 6 nitrogen and oxygen atoms in total. The highest BCUT2D eigenvalue weighted by molar-refractivity contribution is 5.99. The van der Waals surface area contributed by atoms with Crippen LogP contribution in [0, 0.1) is 0 Å². The minimum Gasteiger partial charge on any atom is -0.495 e. The Morgan fingerprint density at radius 3 is 2.58 bits per heavy atom. The molecule has 3 N–H and O–H groups in total. The van der Waals surface area contributed by atoms with Gasteiger partial charge in [0.1, 0.15) is 5.75 Å². The first-order valence-electron chi connectivity index (χ1n) is 8.10. The van der Waals surface area contributed by atoms with E-state index in [1.807, 2.05) is 11.8 Å². The zero-order valence-corrected chi connectivity index (χ0v) is 15.0. The summed E-state index contributed by atoms with van der Waals surface area (Å²) in [6.45, 7) is 3.55. The number of amides is 2.